The van der Waals surface area contributed by atoms with Crippen LogP contribution in [0, 0.1) is 0 Å². The highest BCUT2D eigenvalue weighted by atomic mass is 16.2. The van der Waals surface area contributed by atoms with Crippen molar-refractivity contribution in [1.82, 2.24) is 15.1 Å². The van der Waals surface area contributed by atoms with Gasteiger partial charge in [-0.1, -0.05) is 67.1 Å². The SMILES string of the molecule is O=C(NCC1(c2ccccc2)CCC1)C(c1ccccc1)n1cccn1. The van der Waals surface area contributed by atoms with Gasteiger partial charge in [0.1, 0.15) is 0 Å². The van der Waals surface area contributed by atoms with Crippen molar-refractivity contribution >= 4 is 5.91 Å². The molecule has 1 heterocycles. The second kappa shape index (κ2) is 7.16. The lowest BCUT2D eigenvalue weighted by molar-refractivity contribution is -0.123. The zero-order chi connectivity index (χ0) is 17.8. The van der Waals surface area contributed by atoms with E-state index >= 15 is 0 Å². The second-order valence-electron chi connectivity index (χ2n) is 7.02. The maximum atomic E-state index is 13.1. The first-order chi connectivity index (χ1) is 12.8. The maximum absolute atomic E-state index is 13.1. The van der Waals surface area contributed by atoms with E-state index in [1.54, 1.807) is 10.9 Å². The molecule has 26 heavy (non-hydrogen) atoms. The van der Waals surface area contributed by atoms with E-state index in [-0.39, 0.29) is 11.3 Å². The Labute approximate surface area is 153 Å². The first-order valence-electron chi connectivity index (χ1n) is 9.16. The standard InChI is InChI=1S/C22H23N3O/c26-21(20(25-16-8-15-24-25)18-9-3-1-4-10-18)23-17-22(13-7-14-22)19-11-5-2-6-12-19/h1-6,8-12,15-16,20H,7,13-14,17H2,(H,23,26). The van der Waals surface area contributed by atoms with Crippen molar-refractivity contribution in [3.05, 3.63) is 90.3 Å². The number of nitrogens with one attached hydrogen (secondary N) is 1. The van der Waals surface area contributed by atoms with Crippen LogP contribution in [-0.2, 0) is 10.2 Å². The van der Waals surface area contributed by atoms with Crippen LogP contribution < -0.4 is 5.32 Å². The summed E-state index contributed by atoms with van der Waals surface area (Å²) in [6.07, 6.45) is 7.00. The number of amides is 1. The molecule has 1 saturated carbocycles. The molecule has 0 bridgehead atoms. The Hall–Kier alpha value is -2.88. The van der Waals surface area contributed by atoms with Crippen LogP contribution in [0.2, 0.25) is 0 Å². The minimum absolute atomic E-state index is 0.0119. The minimum atomic E-state index is -0.445. The molecule has 4 heteroatoms. The van der Waals surface area contributed by atoms with Crippen LogP contribution >= 0.6 is 0 Å². The molecular formula is C22H23N3O. The quantitative estimate of drug-likeness (QED) is 0.740. The van der Waals surface area contributed by atoms with Gasteiger partial charge < -0.3 is 5.32 Å². The molecule has 1 amide bonds. The van der Waals surface area contributed by atoms with E-state index in [0.717, 1.165) is 18.4 Å². The van der Waals surface area contributed by atoms with Crippen molar-refractivity contribution in [1.29, 1.82) is 0 Å². The summed E-state index contributed by atoms with van der Waals surface area (Å²) >= 11 is 0. The maximum Gasteiger partial charge on any atom is 0.249 e. The van der Waals surface area contributed by atoms with Crippen LogP contribution in [0.25, 0.3) is 0 Å². The summed E-state index contributed by atoms with van der Waals surface area (Å²) < 4.78 is 1.72. The summed E-state index contributed by atoms with van der Waals surface area (Å²) in [5.41, 5.74) is 2.33. The van der Waals surface area contributed by atoms with Gasteiger partial charge in [0.2, 0.25) is 5.91 Å². The van der Waals surface area contributed by atoms with Gasteiger partial charge in [-0.2, -0.15) is 5.10 Å². The van der Waals surface area contributed by atoms with Gasteiger partial charge in [-0.15, -0.1) is 0 Å². The molecular weight excluding hydrogens is 322 g/mol. The third-order valence-electron chi connectivity index (χ3n) is 5.45. The molecule has 4 rings (SSSR count). The molecule has 132 valence electrons. The van der Waals surface area contributed by atoms with Crippen molar-refractivity contribution in [3.63, 3.8) is 0 Å². The Morgan fingerprint density at radius 2 is 1.73 bits per heavy atom. The van der Waals surface area contributed by atoms with Crippen molar-refractivity contribution in [2.75, 3.05) is 6.54 Å². The second-order valence-corrected chi connectivity index (χ2v) is 7.02. The van der Waals surface area contributed by atoms with Gasteiger partial charge in [0, 0.05) is 24.4 Å². The van der Waals surface area contributed by atoms with Crippen LogP contribution in [0.1, 0.15) is 36.4 Å². The summed E-state index contributed by atoms with van der Waals surface area (Å²) in [5, 5.41) is 7.52. The molecule has 0 spiro atoms. The Morgan fingerprint density at radius 1 is 1.04 bits per heavy atom. The van der Waals surface area contributed by atoms with Gasteiger partial charge in [0.15, 0.2) is 6.04 Å². The fourth-order valence-electron chi connectivity index (χ4n) is 3.81. The minimum Gasteiger partial charge on any atom is -0.353 e. The summed E-state index contributed by atoms with van der Waals surface area (Å²) in [7, 11) is 0. The first kappa shape index (κ1) is 16.6. The van der Waals surface area contributed by atoms with E-state index in [4.69, 9.17) is 0 Å². The molecule has 1 unspecified atom stereocenters. The fourth-order valence-corrected chi connectivity index (χ4v) is 3.81. The molecule has 1 aromatic heterocycles. The van der Waals surface area contributed by atoms with Gasteiger partial charge in [-0.25, -0.2) is 0 Å². The predicted molar refractivity (Wildman–Crippen MR) is 102 cm³/mol. The number of carbonyl (C=O) groups excluding carboxylic acids is 1. The fraction of sp³-hybridized carbons (Fsp3) is 0.273. The third-order valence-corrected chi connectivity index (χ3v) is 5.45. The average Bonchev–Trinajstić information content (AvgIpc) is 3.17. The number of hydrogen-bond donors (Lipinski definition) is 1. The van der Waals surface area contributed by atoms with Gasteiger partial charge in [-0.05, 0) is 30.0 Å². The normalized spacial score (nSPS) is 16.5. The van der Waals surface area contributed by atoms with E-state index in [1.165, 1.54) is 12.0 Å². The van der Waals surface area contributed by atoms with Crippen molar-refractivity contribution in [3.8, 4) is 0 Å². The number of nitrogens with zero attached hydrogens (tertiary/aromatic N) is 2. The molecule has 1 aliphatic rings. The number of rotatable bonds is 6. The molecule has 1 fully saturated rings. The monoisotopic (exact) mass is 345 g/mol. The van der Waals surface area contributed by atoms with Gasteiger partial charge in [-0.3, -0.25) is 9.48 Å². The largest absolute Gasteiger partial charge is 0.353 e. The zero-order valence-corrected chi connectivity index (χ0v) is 14.7. The Balaban J connectivity index is 1.54. The van der Waals surface area contributed by atoms with Crippen LogP contribution in [0.3, 0.4) is 0 Å². The highest BCUT2D eigenvalue weighted by Crippen LogP contribution is 2.43. The van der Waals surface area contributed by atoms with Crippen molar-refractivity contribution in [2.24, 2.45) is 0 Å². The topological polar surface area (TPSA) is 46.9 Å². The first-order valence-corrected chi connectivity index (χ1v) is 9.16. The highest BCUT2D eigenvalue weighted by molar-refractivity contribution is 5.83. The smallest absolute Gasteiger partial charge is 0.249 e. The molecule has 1 aliphatic carbocycles. The molecule has 2 aromatic carbocycles. The van der Waals surface area contributed by atoms with E-state index in [0.29, 0.717) is 6.54 Å². The van der Waals surface area contributed by atoms with Crippen LogP contribution in [-0.4, -0.2) is 22.2 Å². The Kier molecular flexibility index (Phi) is 4.57. The molecule has 0 aliphatic heterocycles. The summed E-state index contributed by atoms with van der Waals surface area (Å²) in [5.74, 6) is -0.0119. The van der Waals surface area contributed by atoms with Gasteiger partial charge >= 0.3 is 0 Å². The zero-order valence-electron chi connectivity index (χ0n) is 14.7. The van der Waals surface area contributed by atoms with E-state index < -0.39 is 6.04 Å². The van der Waals surface area contributed by atoms with E-state index in [1.807, 2.05) is 48.7 Å². The third kappa shape index (κ3) is 3.15. The molecule has 3 aromatic rings. The summed E-state index contributed by atoms with van der Waals surface area (Å²) in [6, 6.07) is 21.8. The highest BCUT2D eigenvalue weighted by Gasteiger charge is 2.39. The molecule has 1 atom stereocenters. The van der Waals surface area contributed by atoms with Crippen LogP contribution in [0.4, 0.5) is 0 Å². The van der Waals surface area contributed by atoms with Gasteiger partial charge in [0.05, 0.1) is 0 Å². The molecule has 0 saturated heterocycles. The lowest BCUT2D eigenvalue weighted by Gasteiger charge is -2.43. The predicted octanol–water partition coefficient (Wildman–Crippen LogP) is 3.71. The van der Waals surface area contributed by atoms with E-state index in [2.05, 4.69) is 34.7 Å². The number of hydrogen-bond acceptors (Lipinski definition) is 2. The molecule has 1 N–H and O–H groups in total. The average molecular weight is 345 g/mol. The number of benzene rings is 2. The Bertz CT molecular complexity index is 840. The summed E-state index contributed by atoms with van der Waals surface area (Å²) in [6.45, 7) is 0.667. The number of aromatic nitrogens is 2. The Morgan fingerprint density at radius 3 is 2.31 bits per heavy atom. The molecule has 4 nitrogen and oxygen atoms in total. The lowest BCUT2D eigenvalue weighted by Crippen LogP contribution is -2.47. The van der Waals surface area contributed by atoms with Gasteiger partial charge in [0.25, 0.3) is 0 Å². The van der Waals surface area contributed by atoms with Crippen molar-refractivity contribution < 1.29 is 4.79 Å². The molecule has 0 radical (unpaired) electrons. The summed E-state index contributed by atoms with van der Waals surface area (Å²) in [4.78, 5) is 13.1. The van der Waals surface area contributed by atoms with E-state index in [9.17, 15) is 4.79 Å². The lowest BCUT2D eigenvalue weighted by atomic mass is 9.64. The van der Waals surface area contributed by atoms with Crippen molar-refractivity contribution in [2.45, 2.75) is 30.7 Å². The van der Waals surface area contributed by atoms with Crippen LogP contribution in [0.5, 0.6) is 0 Å². The van der Waals surface area contributed by atoms with Crippen LogP contribution in [0.15, 0.2) is 79.1 Å². The number of carbonyl (C=O) groups is 1.